The highest BCUT2D eigenvalue weighted by Crippen LogP contribution is 2.28. The van der Waals surface area contributed by atoms with Crippen LogP contribution in [0.1, 0.15) is 72.4 Å². The maximum Gasteiger partial charge on any atom is 0.101 e. The number of nitrogens with one attached hydrogen (secondary N) is 2. The van der Waals surface area contributed by atoms with Crippen molar-refractivity contribution in [2.45, 2.75) is 73.9 Å². The first-order valence-corrected chi connectivity index (χ1v) is 14.6. The van der Waals surface area contributed by atoms with Crippen LogP contribution in [-0.4, -0.2) is 37.2 Å². The Hall–Kier alpha value is -3.14. The molecule has 2 heterocycles. The number of benzene rings is 2. The van der Waals surface area contributed by atoms with E-state index in [1.165, 1.54) is 17.7 Å². The number of fused-ring (bicyclic) bond motifs is 1. The summed E-state index contributed by atoms with van der Waals surface area (Å²) >= 11 is 0. The molecule has 0 bridgehead atoms. The van der Waals surface area contributed by atoms with Gasteiger partial charge in [-0.15, -0.1) is 0 Å². The van der Waals surface area contributed by atoms with Crippen molar-refractivity contribution in [3.05, 3.63) is 65.9 Å². The second-order valence-electron chi connectivity index (χ2n) is 11.6. The van der Waals surface area contributed by atoms with E-state index in [0.29, 0.717) is 22.9 Å². The number of hydrogen-bond acceptors (Lipinski definition) is 6. The zero-order chi connectivity index (χ0) is 28.4. The predicted molar refractivity (Wildman–Crippen MR) is 166 cm³/mol. The molecule has 39 heavy (non-hydrogen) atoms. The lowest BCUT2D eigenvalue weighted by molar-refractivity contribution is 0.357. The first-order valence-electron chi connectivity index (χ1n) is 14.6. The Labute approximate surface area is 236 Å². The van der Waals surface area contributed by atoms with Gasteiger partial charge in [0.15, 0.2) is 0 Å². The van der Waals surface area contributed by atoms with E-state index in [1.54, 1.807) is 6.20 Å². The van der Waals surface area contributed by atoms with Crippen LogP contribution in [0, 0.1) is 22.7 Å². The van der Waals surface area contributed by atoms with Crippen molar-refractivity contribution in [2.75, 3.05) is 36.1 Å². The van der Waals surface area contributed by atoms with Gasteiger partial charge in [-0.3, -0.25) is 4.98 Å². The molecule has 6 heteroatoms. The van der Waals surface area contributed by atoms with Gasteiger partial charge >= 0.3 is 0 Å². The summed E-state index contributed by atoms with van der Waals surface area (Å²) in [6.45, 7) is 20.2. The molecule has 0 aliphatic carbocycles. The van der Waals surface area contributed by atoms with Crippen molar-refractivity contribution in [3.8, 4) is 6.07 Å². The lowest BCUT2D eigenvalue weighted by Crippen LogP contribution is -2.40. The molecule has 0 amide bonds. The van der Waals surface area contributed by atoms with Crippen molar-refractivity contribution in [1.29, 1.82) is 5.26 Å². The fraction of sp³-hybridized carbons (Fsp3) is 0.515. The maximum absolute atomic E-state index is 9.55. The Morgan fingerprint density at radius 2 is 1.87 bits per heavy atom. The number of pyridine rings is 1. The van der Waals surface area contributed by atoms with Crippen molar-refractivity contribution in [2.24, 2.45) is 11.3 Å². The van der Waals surface area contributed by atoms with E-state index in [4.69, 9.17) is 0 Å². The van der Waals surface area contributed by atoms with E-state index in [9.17, 15) is 5.26 Å². The molecule has 2 aromatic carbocycles. The van der Waals surface area contributed by atoms with Gasteiger partial charge in [0.25, 0.3) is 0 Å². The highest BCUT2D eigenvalue weighted by molar-refractivity contribution is 5.95. The Morgan fingerprint density at radius 1 is 1.13 bits per heavy atom. The molecule has 1 saturated heterocycles. The third kappa shape index (κ3) is 8.42. The monoisotopic (exact) mass is 528 g/mol. The molecule has 6 nitrogen and oxygen atoms in total. The van der Waals surface area contributed by atoms with Gasteiger partial charge in [0.05, 0.1) is 16.8 Å². The van der Waals surface area contributed by atoms with E-state index < -0.39 is 0 Å². The van der Waals surface area contributed by atoms with Crippen molar-refractivity contribution < 1.29 is 0 Å². The number of anilines is 2. The van der Waals surface area contributed by atoms with Crippen LogP contribution in [0.3, 0.4) is 0 Å². The van der Waals surface area contributed by atoms with Crippen molar-refractivity contribution >= 4 is 22.3 Å². The molecule has 2 atom stereocenters. The van der Waals surface area contributed by atoms with Crippen LogP contribution in [0.25, 0.3) is 10.9 Å². The second kappa shape index (κ2) is 14.3. The van der Waals surface area contributed by atoms with Crippen LogP contribution in [-0.2, 0) is 6.54 Å². The topological polar surface area (TPSA) is 67.2 Å². The summed E-state index contributed by atoms with van der Waals surface area (Å²) in [6.07, 6.45) is 4.04. The van der Waals surface area contributed by atoms with Crippen LogP contribution >= 0.6 is 0 Å². The fourth-order valence-corrected chi connectivity index (χ4v) is 4.80. The van der Waals surface area contributed by atoms with Gasteiger partial charge in [-0.05, 0) is 59.7 Å². The highest BCUT2D eigenvalue weighted by Gasteiger charge is 2.24. The van der Waals surface area contributed by atoms with Crippen molar-refractivity contribution in [3.63, 3.8) is 0 Å². The molecule has 1 aromatic heterocycles. The van der Waals surface area contributed by atoms with Gasteiger partial charge in [0.1, 0.15) is 6.07 Å². The molecule has 2 N–H and O–H groups in total. The Bertz CT molecular complexity index is 1210. The minimum absolute atomic E-state index is 0.311. The van der Waals surface area contributed by atoms with Gasteiger partial charge in [0.2, 0.25) is 0 Å². The standard InChI is InChI=1S/C31H42N6.C2H6/c1-6-23(2)20-37(29-14-11-25(18-32)30-28(29)8-7-16-33-30)35-19-24-9-12-27(13-10-24)36-17-15-26(21-36)34-22-31(3,4)5;1-2/h7-14,16,23,26,34-35H,6,15,17,19-22H2,1-5H3;1-2H3. The zero-order valence-electron chi connectivity index (χ0n) is 25.1. The number of aromatic nitrogens is 1. The Morgan fingerprint density at radius 3 is 2.54 bits per heavy atom. The van der Waals surface area contributed by atoms with Gasteiger partial charge in [-0.2, -0.15) is 5.26 Å². The fourth-order valence-electron chi connectivity index (χ4n) is 4.80. The Balaban J connectivity index is 0.00000205. The van der Waals surface area contributed by atoms with Crippen LogP contribution in [0.15, 0.2) is 54.7 Å². The molecule has 1 aliphatic rings. The van der Waals surface area contributed by atoms with E-state index in [0.717, 1.165) is 55.7 Å². The average Bonchev–Trinajstić information content (AvgIpc) is 3.44. The zero-order valence-corrected chi connectivity index (χ0v) is 25.1. The summed E-state index contributed by atoms with van der Waals surface area (Å²) in [5.74, 6) is 0.521. The minimum atomic E-state index is 0.311. The van der Waals surface area contributed by atoms with Gasteiger partial charge in [-0.1, -0.05) is 67.0 Å². The number of hydrazine groups is 1. The summed E-state index contributed by atoms with van der Waals surface area (Å²) in [6, 6.07) is 19.7. The predicted octanol–water partition coefficient (Wildman–Crippen LogP) is 6.90. The molecule has 3 aromatic rings. The number of hydrogen-bond donors (Lipinski definition) is 2. The van der Waals surface area contributed by atoms with Crippen molar-refractivity contribution in [1.82, 2.24) is 15.7 Å². The minimum Gasteiger partial charge on any atom is -0.370 e. The average molecular weight is 529 g/mol. The smallest absolute Gasteiger partial charge is 0.101 e. The molecular weight excluding hydrogens is 480 g/mol. The first-order chi connectivity index (χ1) is 18.8. The molecule has 2 unspecified atom stereocenters. The molecule has 0 spiro atoms. The SMILES string of the molecule is CC.CCC(C)CN(NCc1ccc(N2CCC(NCC(C)(C)C)C2)cc1)c1ccc(C#N)c2ncccc12. The van der Waals surface area contributed by atoms with Crippen LogP contribution in [0.2, 0.25) is 0 Å². The normalized spacial score (nSPS) is 15.9. The number of rotatable bonds is 10. The quantitative estimate of drug-likeness (QED) is 0.279. The van der Waals surface area contributed by atoms with E-state index >= 15 is 0 Å². The molecule has 0 radical (unpaired) electrons. The molecule has 0 saturated carbocycles. The van der Waals surface area contributed by atoms with Crippen LogP contribution in [0.4, 0.5) is 11.4 Å². The third-order valence-corrected chi connectivity index (χ3v) is 7.23. The molecule has 1 fully saturated rings. The molecule has 4 rings (SSSR count). The lowest BCUT2D eigenvalue weighted by Gasteiger charge is -2.29. The molecular formula is C33H48N6. The third-order valence-electron chi connectivity index (χ3n) is 7.23. The first kappa shape index (κ1) is 30.4. The van der Waals surface area contributed by atoms with Crippen LogP contribution < -0.4 is 20.7 Å². The van der Waals surface area contributed by atoms with Gasteiger partial charge < -0.3 is 15.2 Å². The summed E-state index contributed by atoms with van der Waals surface area (Å²) in [7, 11) is 0. The summed E-state index contributed by atoms with van der Waals surface area (Å²) in [4.78, 5) is 6.99. The summed E-state index contributed by atoms with van der Waals surface area (Å²) in [5.41, 5.74) is 8.95. The van der Waals surface area contributed by atoms with E-state index in [2.05, 4.69) is 96.7 Å². The van der Waals surface area contributed by atoms with E-state index in [1.807, 2.05) is 32.0 Å². The Kier molecular flexibility index (Phi) is 11.2. The van der Waals surface area contributed by atoms with Gasteiger partial charge in [-0.25, -0.2) is 5.43 Å². The van der Waals surface area contributed by atoms with Gasteiger partial charge in [0, 0.05) is 56.0 Å². The summed E-state index contributed by atoms with van der Waals surface area (Å²) in [5, 5.41) is 16.5. The largest absolute Gasteiger partial charge is 0.370 e. The number of nitrogens with zero attached hydrogens (tertiary/aromatic N) is 4. The number of nitriles is 1. The molecule has 1 aliphatic heterocycles. The maximum atomic E-state index is 9.55. The summed E-state index contributed by atoms with van der Waals surface area (Å²) < 4.78 is 0. The molecule has 210 valence electrons. The van der Waals surface area contributed by atoms with Crippen LogP contribution in [0.5, 0.6) is 0 Å². The highest BCUT2D eigenvalue weighted by atomic mass is 15.5. The second-order valence-corrected chi connectivity index (χ2v) is 11.6. The van der Waals surface area contributed by atoms with E-state index in [-0.39, 0.29) is 0 Å². The lowest BCUT2D eigenvalue weighted by atomic mass is 9.96.